The summed E-state index contributed by atoms with van der Waals surface area (Å²) in [5.74, 6) is -0.185. The number of hydrogen-bond acceptors (Lipinski definition) is 7. The maximum absolute atomic E-state index is 13.2. The molecule has 0 unspecified atom stereocenters. The van der Waals surface area contributed by atoms with Crippen LogP contribution in [-0.4, -0.2) is 49.8 Å². The van der Waals surface area contributed by atoms with E-state index >= 15 is 0 Å². The Bertz CT molecular complexity index is 1200. The predicted molar refractivity (Wildman–Crippen MR) is 127 cm³/mol. The number of ether oxygens (including phenoxy) is 2. The molecule has 2 aromatic carbocycles. The zero-order valence-corrected chi connectivity index (χ0v) is 19.1. The number of esters is 1. The number of morpholine rings is 1. The van der Waals surface area contributed by atoms with Crippen LogP contribution < -0.4 is 9.80 Å². The van der Waals surface area contributed by atoms with Gasteiger partial charge in [-0.05, 0) is 42.5 Å². The van der Waals surface area contributed by atoms with Crippen molar-refractivity contribution in [2.24, 2.45) is 0 Å². The number of halogens is 1. The van der Waals surface area contributed by atoms with Gasteiger partial charge in [0.15, 0.2) is 6.61 Å². The molecule has 1 aromatic heterocycles. The van der Waals surface area contributed by atoms with Gasteiger partial charge in [0, 0.05) is 34.1 Å². The standard InChI is InChI=1S/C24H20ClN3O4S/c25-17-6-7-21-19(13-17)28(18-3-1-2-4-20(18)33-21)23(29)15-32-24(30)16-5-8-22(26-14-16)27-9-11-31-12-10-27/h1-8,13-14H,9-12,15H2. The fourth-order valence-electron chi connectivity index (χ4n) is 3.76. The number of anilines is 3. The summed E-state index contributed by atoms with van der Waals surface area (Å²) in [7, 11) is 0. The summed E-state index contributed by atoms with van der Waals surface area (Å²) < 4.78 is 10.7. The Kier molecular flexibility index (Phi) is 6.22. The van der Waals surface area contributed by atoms with Gasteiger partial charge in [-0.25, -0.2) is 9.78 Å². The zero-order valence-electron chi connectivity index (χ0n) is 17.6. The molecular weight excluding hydrogens is 462 g/mol. The number of carbonyl (C=O) groups excluding carboxylic acids is 2. The van der Waals surface area contributed by atoms with E-state index in [-0.39, 0.29) is 11.5 Å². The summed E-state index contributed by atoms with van der Waals surface area (Å²) in [5.41, 5.74) is 1.69. The van der Waals surface area contributed by atoms with Crippen molar-refractivity contribution in [2.75, 3.05) is 42.7 Å². The Balaban J connectivity index is 1.30. The third-order valence-electron chi connectivity index (χ3n) is 5.38. The number of benzene rings is 2. The van der Waals surface area contributed by atoms with Gasteiger partial charge in [-0.1, -0.05) is 35.5 Å². The second kappa shape index (κ2) is 9.43. The lowest BCUT2D eigenvalue weighted by molar-refractivity contribution is -0.121. The third-order valence-corrected chi connectivity index (χ3v) is 6.75. The molecule has 9 heteroatoms. The highest BCUT2D eigenvalue weighted by atomic mass is 35.5. The van der Waals surface area contributed by atoms with Gasteiger partial charge < -0.3 is 14.4 Å². The van der Waals surface area contributed by atoms with Crippen molar-refractivity contribution in [3.63, 3.8) is 0 Å². The minimum absolute atomic E-state index is 0.290. The lowest BCUT2D eigenvalue weighted by Gasteiger charge is -2.31. The van der Waals surface area contributed by atoms with Crippen LogP contribution in [-0.2, 0) is 14.3 Å². The minimum Gasteiger partial charge on any atom is -0.452 e. The van der Waals surface area contributed by atoms with E-state index in [9.17, 15) is 9.59 Å². The number of carbonyl (C=O) groups is 2. The fourth-order valence-corrected chi connectivity index (χ4v) is 4.96. The van der Waals surface area contributed by atoms with E-state index in [0.717, 1.165) is 34.4 Å². The first-order valence-electron chi connectivity index (χ1n) is 10.5. The molecule has 7 nitrogen and oxygen atoms in total. The molecule has 3 heterocycles. The van der Waals surface area contributed by atoms with Crippen molar-refractivity contribution < 1.29 is 19.1 Å². The summed E-state index contributed by atoms with van der Waals surface area (Å²) in [6.45, 7) is 2.41. The van der Waals surface area contributed by atoms with Gasteiger partial charge in [0.2, 0.25) is 0 Å². The van der Waals surface area contributed by atoms with Crippen LogP contribution in [0.15, 0.2) is 70.6 Å². The average Bonchev–Trinajstić information content (AvgIpc) is 2.86. The van der Waals surface area contributed by atoms with Crippen LogP contribution in [0, 0.1) is 0 Å². The normalized spacial score (nSPS) is 14.9. The molecule has 1 saturated heterocycles. The predicted octanol–water partition coefficient (Wildman–Crippen LogP) is 4.56. The van der Waals surface area contributed by atoms with Crippen LogP contribution in [0.25, 0.3) is 0 Å². The number of nitrogens with zero attached hydrogens (tertiary/aromatic N) is 3. The fraction of sp³-hybridized carbons (Fsp3) is 0.208. The Labute approximate surface area is 200 Å². The van der Waals surface area contributed by atoms with E-state index < -0.39 is 12.6 Å². The topological polar surface area (TPSA) is 72.0 Å². The van der Waals surface area contributed by atoms with Crippen LogP contribution in [0.4, 0.5) is 17.2 Å². The number of hydrogen-bond donors (Lipinski definition) is 0. The van der Waals surface area contributed by atoms with Gasteiger partial charge in [-0.2, -0.15) is 0 Å². The highest BCUT2D eigenvalue weighted by molar-refractivity contribution is 7.99. The zero-order chi connectivity index (χ0) is 22.8. The maximum Gasteiger partial charge on any atom is 0.340 e. The molecule has 1 fully saturated rings. The van der Waals surface area contributed by atoms with E-state index in [4.69, 9.17) is 21.1 Å². The van der Waals surface area contributed by atoms with Crippen LogP contribution in [0.2, 0.25) is 5.02 Å². The van der Waals surface area contributed by atoms with E-state index in [0.29, 0.717) is 23.9 Å². The third kappa shape index (κ3) is 4.55. The molecule has 5 rings (SSSR count). The monoisotopic (exact) mass is 481 g/mol. The second-order valence-electron chi connectivity index (χ2n) is 7.49. The largest absolute Gasteiger partial charge is 0.452 e. The number of aromatic nitrogens is 1. The van der Waals surface area contributed by atoms with Gasteiger partial charge in [-0.3, -0.25) is 9.69 Å². The Hall–Kier alpha value is -3.07. The molecule has 0 radical (unpaired) electrons. The van der Waals surface area contributed by atoms with Gasteiger partial charge in [-0.15, -0.1) is 0 Å². The highest BCUT2D eigenvalue weighted by Crippen LogP contribution is 2.48. The van der Waals surface area contributed by atoms with Crippen molar-refractivity contribution in [1.82, 2.24) is 4.98 Å². The van der Waals surface area contributed by atoms with Crippen LogP contribution >= 0.6 is 23.4 Å². The van der Waals surface area contributed by atoms with Gasteiger partial charge in [0.25, 0.3) is 5.91 Å². The molecule has 1 amide bonds. The number of fused-ring (bicyclic) bond motifs is 2. The van der Waals surface area contributed by atoms with Crippen LogP contribution in [0.1, 0.15) is 10.4 Å². The molecule has 33 heavy (non-hydrogen) atoms. The molecule has 0 saturated carbocycles. The second-order valence-corrected chi connectivity index (χ2v) is 9.01. The summed E-state index contributed by atoms with van der Waals surface area (Å²) in [6.07, 6.45) is 1.47. The van der Waals surface area contributed by atoms with E-state index in [1.54, 1.807) is 40.9 Å². The molecule has 2 aliphatic rings. The van der Waals surface area contributed by atoms with Crippen molar-refractivity contribution >= 4 is 52.4 Å². The number of rotatable bonds is 4. The van der Waals surface area contributed by atoms with Crippen molar-refractivity contribution in [1.29, 1.82) is 0 Å². The molecule has 0 bridgehead atoms. The lowest BCUT2D eigenvalue weighted by Crippen LogP contribution is -2.36. The molecule has 3 aromatic rings. The minimum atomic E-state index is -0.602. The highest BCUT2D eigenvalue weighted by Gasteiger charge is 2.29. The summed E-state index contributed by atoms with van der Waals surface area (Å²) >= 11 is 7.77. The van der Waals surface area contributed by atoms with Gasteiger partial charge in [0.1, 0.15) is 5.82 Å². The lowest BCUT2D eigenvalue weighted by atomic mass is 10.2. The Morgan fingerprint density at radius 1 is 1.03 bits per heavy atom. The van der Waals surface area contributed by atoms with Crippen molar-refractivity contribution in [2.45, 2.75) is 9.79 Å². The quantitative estimate of drug-likeness (QED) is 0.506. The van der Waals surface area contributed by atoms with E-state index in [1.807, 2.05) is 30.3 Å². The first-order chi connectivity index (χ1) is 16.1. The smallest absolute Gasteiger partial charge is 0.340 e. The molecule has 0 spiro atoms. The van der Waals surface area contributed by atoms with Crippen molar-refractivity contribution in [3.05, 3.63) is 71.4 Å². The van der Waals surface area contributed by atoms with Crippen molar-refractivity contribution in [3.8, 4) is 0 Å². The Morgan fingerprint density at radius 3 is 2.61 bits per heavy atom. The average molecular weight is 482 g/mol. The van der Waals surface area contributed by atoms with Gasteiger partial charge in [0.05, 0.1) is 30.2 Å². The summed E-state index contributed by atoms with van der Waals surface area (Å²) in [6, 6.07) is 16.4. The first-order valence-corrected chi connectivity index (χ1v) is 11.6. The van der Waals surface area contributed by atoms with Gasteiger partial charge >= 0.3 is 5.97 Å². The number of para-hydroxylation sites is 1. The molecule has 0 atom stereocenters. The molecular formula is C24H20ClN3O4S. The summed E-state index contributed by atoms with van der Waals surface area (Å²) in [5, 5.41) is 0.523. The van der Waals surface area contributed by atoms with E-state index in [1.165, 1.54) is 6.20 Å². The summed E-state index contributed by atoms with van der Waals surface area (Å²) in [4.78, 5) is 35.6. The molecule has 168 valence electrons. The Morgan fingerprint density at radius 2 is 1.82 bits per heavy atom. The SMILES string of the molecule is O=C(OCC(=O)N1c2ccccc2Sc2ccc(Cl)cc21)c1ccc(N2CCOCC2)nc1. The maximum atomic E-state index is 13.2. The van der Waals surface area contributed by atoms with Crippen LogP contribution in [0.3, 0.4) is 0 Å². The number of pyridine rings is 1. The first kappa shape index (κ1) is 21.8. The van der Waals surface area contributed by atoms with E-state index in [2.05, 4.69) is 9.88 Å². The molecule has 0 N–H and O–H groups in total. The molecule has 2 aliphatic heterocycles. The van der Waals surface area contributed by atoms with Crippen LogP contribution in [0.5, 0.6) is 0 Å². The number of amides is 1. The molecule has 0 aliphatic carbocycles.